The molecular weight excluding hydrogens is 326 g/mol. The summed E-state index contributed by atoms with van der Waals surface area (Å²) in [5, 5.41) is 2.41. The minimum atomic E-state index is 0.907. The van der Waals surface area contributed by atoms with Gasteiger partial charge >= 0.3 is 0 Å². The molecule has 1 nitrogen and oxygen atoms in total. The molecule has 27 heavy (non-hydrogen) atoms. The van der Waals surface area contributed by atoms with Gasteiger partial charge in [0.2, 0.25) is 0 Å². The van der Waals surface area contributed by atoms with Gasteiger partial charge in [0.25, 0.3) is 0 Å². The van der Waals surface area contributed by atoms with Crippen molar-refractivity contribution in [1.82, 2.24) is 4.57 Å². The van der Waals surface area contributed by atoms with Crippen molar-refractivity contribution in [3.05, 3.63) is 103 Å². The molecule has 0 aliphatic heterocycles. The largest absolute Gasteiger partial charge is 0.309 e. The molecule has 0 unspecified atom stereocenters. The molecule has 1 heteroatoms. The molecule has 1 heterocycles. The van der Waals surface area contributed by atoms with Crippen LogP contribution in [0.25, 0.3) is 38.6 Å². The van der Waals surface area contributed by atoms with E-state index in [1.807, 2.05) is 12.1 Å². The smallest absolute Gasteiger partial charge is 0.0541 e. The number of terminal acetylenes is 1. The van der Waals surface area contributed by atoms with Gasteiger partial charge in [0.1, 0.15) is 0 Å². The Hall–Kier alpha value is -3.76. The van der Waals surface area contributed by atoms with Crippen LogP contribution in [0.3, 0.4) is 0 Å². The van der Waals surface area contributed by atoms with Crippen LogP contribution < -0.4 is 0 Å². The SMILES string of the molecule is C#Cc1ccc2c(c1)c1ccccc1n2-c1ccc(-c2ccccc2)cc1. The number of fused-ring (bicyclic) bond motifs is 3. The molecule has 4 aromatic carbocycles. The maximum atomic E-state index is 5.62. The molecule has 0 saturated carbocycles. The molecule has 126 valence electrons. The van der Waals surface area contributed by atoms with Crippen LogP contribution in [0.2, 0.25) is 0 Å². The lowest BCUT2D eigenvalue weighted by molar-refractivity contribution is 1.18. The summed E-state index contributed by atoms with van der Waals surface area (Å²) in [5.74, 6) is 2.75. The van der Waals surface area contributed by atoms with Gasteiger partial charge in [-0.2, -0.15) is 0 Å². The predicted molar refractivity (Wildman–Crippen MR) is 114 cm³/mol. The molecule has 0 saturated heterocycles. The molecule has 0 radical (unpaired) electrons. The van der Waals surface area contributed by atoms with Crippen LogP contribution in [0.1, 0.15) is 5.56 Å². The molecule has 0 aliphatic carbocycles. The monoisotopic (exact) mass is 343 g/mol. The van der Waals surface area contributed by atoms with Gasteiger partial charge in [0.15, 0.2) is 0 Å². The number of benzene rings is 4. The summed E-state index contributed by atoms with van der Waals surface area (Å²) in [6.07, 6.45) is 5.62. The Bertz CT molecular complexity index is 1300. The van der Waals surface area contributed by atoms with Crippen molar-refractivity contribution in [1.29, 1.82) is 0 Å². The zero-order valence-corrected chi connectivity index (χ0v) is 14.8. The Morgan fingerprint density at radius 2 is 1.26 bits per heavy atom. The van der Waals surface area contributed by atoms with E-state index < -0.39 is 0 Å². The molecule has 0 atom stereocenters. The van der Waals surface area contributed by atoms with E-state index in [1.165, 1.54) is 32.9 Å². The van der Waals surface area contributed by atoms with Crippen molar-refractivity contribution in [3.63, 3.8) is 0 Å². The highest BCUT2D eigenvalue weighted by molar-refractivity contribution is 6.09. The quantitative estimate of drug-likeness (QED) is 0.325. The second-order valence-corrected chi connectivity index (χ2v) is 6.64. The van der Waals surface area contributed by atoms with Crippen molar-refractivity contribution in [2.45, 2.75) is 0 Å². The maximum Gasteiger partial charge on any atom is 0.0541 e. The molecule has 1 aromatic heterocycles. The summed E-state index contributed by atoms with van der Waals surface area (Å²) in [5.41, 5.74) is 6.86. The first-order valence-electron chi connectivity index (χ1n) is 9.01. The third-order valence-electron chi connectivity index (χ3n) is 5.07. The Morgan fingerprint density at radius 3 is 2.04 bits per heavy atom. The second-order valence-electron chi connectivity index (χ2n) is 6.64. The van der Waals surface area contributed by atoms with Gasteiger partial charge in [-0.05, 0) is 47.5 Å². The Kier molecular flexibility index (Phi) is 3.56. The predicted octanol–water partition coefficient (Wildman–Crippen LogP) is 6.43. The van der Waals surface area contributed by atoms with Gasteiger partial charge in [-0.3, -0.25) is 0 Å². The number of hydrogen-bond donors (Lipinski definition) is 0. The van der Waals surface area contributed by atoms with E-state index >= 15 is 0 Å². The van der Waals surface area contributed by atoms with Crippen LogP contribution in [0.15, 0.2) is 97.1 Å². The number of hydrogen-bond acceptors (Lipinski definition) is 0. The zero-order valence-electron chi connectivity index (χ0n) is 14.8. The number of rotatable bonds is 2. The molecule has 0 fully saturated rings. The van der Waals surface area contributed by atoms with E-state index in [1.54, 1.807) is 0 Å². The molecule has 0 amide bonds. The van der Waals surface area contributed by atoms with Crippen LogP contribution in [0.5, 0.6) is 0 Å². The second kappa shape index (κ2) is 6.20. The van der Waals surface area contributed by atoms with Crippen LogP contribution in [0.4, 0.5) is 0 Å². The average Bonchev–Trinajstić information content (AvgIpc) is 3.08. The van der Waals surface area contributed by atoms with Crippen LogP contribution in [0, 0.1) is 12.3 Å². The normalized spacial score (nSPS) is 10.9. The van der Waals surface area contributed by atoms with E-state index in [0.29, 0.717) is 0 Å². The molecule has 0 aliphatic rings. The topological polar surface area (TPSA) is 4.93 Å². The molecule has 0 spiro atoms. The third-order valence-corrected chi connectivity index (χ3v) is 5.07. The Balaban J connectivity index is 1.73. The van der Waals surface area contributed by atoms with Crippen molar-refractivity contribution < 1.29 is 0 Å². The van der Waals surface area contributed by atoms with Gasteiger partial charge in [-0.1, -0.05) is 66.6 Å². The molecular formula is C26H17N. The minimum Gasteiger partial charge on any atom is -0.309 e. The average molecular weight is 343 g/mol. The molecule has 5 rings (SSSR count). The van der Waals surface area contributed by atoms with Gasteiger partial charge in [0.05, 0.1) is 11.0 Å². The highest BCUT2D eigenvalue weighted by atomic mass is 15.0. The first-order valence-corrected chi connectivity index (χ1v) is 9.01. The Labute approximate surface area is 158 Å². The standard InChI is InChI=1S/C26H17N/c1-2-19-12-17-26-24(18-19)23-10-6-7-11-25(23)27(26)22-15-13-21(14-16-22)20-8-4-3-5-9-20/h1,3-18H. The summed E-state index contributed by atoms with van der Waals surface area (Å²) >= 11 is 0. The number of aromatic nitrogens is 1. The van der Waals surface area contributed by atoms with Crippen molar-refractivity contribution in [2.24, 2.45) is 0 Å². The van der Waals surface area contributed by atoms with Gasteiger partial charge in [0, 0.05) is 22.0 Å². The number of nitrogens with zero attached hydrogens (tertiary/aromatic N) is 1. The summed E-state index contributed by atoms with van der Waals surface area (Å²) in [4.78, 5) is 0. The van der Waals surface area contributed by atoms with Crippen LogP contribution in [-0.2, 0) is 0 Å². The van der Waals surface area contributed by atoms with E-state index in [4.69, 9.17) is 6.42 Å². The lowest BCUT2D eigenvalue weighted by Gasteiger charge is -2.09. The first kappa shape index (κ1) is 15.5. The zero-order chi connectivity index (χ0) is 18.2. The number of para-hydroxylation sites is 1. The fourth-order valence-electron chi connectivity index (χ4n) is 3.77. The lowest BCUT2D eigenvalue weighted by atomic mass is 10.1. The fourth-order valence-corrected chi connectivity index (χ4v) is 3.77. The van der Waals surface area contributed by atoms with Gasteiger partial charge < -0.3 is 4.57 Å². The fraction of sp³-hybridized carbons (Fsp3) is 0. The molecule has 0 bridgehead atoms. The summed E-state index contributed by atoms with van der Waals surface area (Å²) in [6.45, 7) is 0. The Morgan fingerprint density at radius 1 is 0.593 bits per heavy atom. The van der Waals surface area contributed by atoms with Gasteiger partial charge in [-0.25, -0.2) is 0 Å². The van der Waals surface area contributed by atoms with Crippen molar-refractivity contribution in [3.8, 4) is 29.2 Å². The third kappa shape index (κ3) is 2.51. The van der Waals surface area contributed by atoms with E-state index in [0.717, 1.165) is 11.3 Å². The van der Waals surface area contributed by atoms with E-state index in [9.17, 15) is 0 Å². The summed E-state index contributed by atoms with van der Waals surface area (Å²) in [6, 6.07) is 33.9. The maximum absolute atomic E-state index is 5.62. The lowest BCUT2D eigenvalue weighted by Crippen LogP contribution is -1.93. The highest BCUT2D eigenvalue weighted by Crippen LogP contribution is 2.33. The first-order chi connectivity index (χ1) is 13.3. The van der Waals surface area contributed by atoms with Gasteiger partial charge in [-0.15, -0.1) is 6.42 Å². The summed E-state index contributed by atoms with van der Waals surface area (Å²) < 4.78 is 2.31. The van der Waals surface area contributed by atoms with E-state index in [2.05, 4.69) is 95.4 Å². The molecule has 0 N–H and O–H groups in total. The molecule has 5 aromatic rings. The minimum absolute atomic E-state index is 0.907. The van der Waals surface area contributed by atoms with Crippen LogP contribution >= 0.6 is 0 Å². The highest BCUT2D eigenvalue weighted by Gasteiger charge is 2.12. The van der Waals surface area contributed by atoms with E-state index in [-0.39, 0.29) is 0 Å². The summed E-state index contributed by atoms with van der Waals surface area (Å²) in [7, 11) is 0. The van der Waals surface area contributed by atoms with Crippen molar-refractivity contribution in [2.75, 3.05) is 0 Å². The van der Waals surface area contributed by atoms with Crippen LogP contribution in [-0.4, -0.2) is 4.57 Å². The van der Waals surface area contributed by atoms with Crippen molar-refractivity contribution >= 4 is 21.8 Å².